The van der Waals surface area contributed by atoms with E-state index >= 15 is 0 Å². The molecule has 0 spiro atoms. The molecule has 0 fully saturated rings. The van der Waals surface area contributed by atoms with Crippen molar-refractivity contribution < 1.29 is 41.0 Å². The first-order chi connectivity index (χ1) is 18.2. The molecule has 1 heterocycles. The van der Waals surface area contributed by atoms with Crippen molar-refractivity contribution in [1.82, 2.24) is 19.7 Å². The normalized spacial score (nSPS) is 13.6. The van der Waals surface area contributed by atoms with Gasteiger partial charge in [-0.1, -0.05) is 29.8 Å². The largest absolute Gasteiger partial charge is 0.416 e. The molecule has 0 bridgehead atoms. The van der Waals surface area contributed by atoms with Crippen molar-refractivity contribution in [3.05, 3.63) is 75.2 Å². The van der Waals surface area contributed by atoms with E-state index in [1.165, 1.54) is 30.3 Å². The third kappa shape index (κ3) is 7.69. The molecule has 1 amide bonds. The summed E-state index contributed by atoms with van der Waals surface area (Å²) >= 11 is 5.84. The van der Waals surface area contributed by atoms with Gasteiger partial charge >= 0.3 is 18.0 Å². The van der Waals surface area contributed by atoms with Crippen LogP contribution in [0.15, 0.2) is 53.3 Å². The van der Waals surface area contributed by atoms with E-state index in [-0.39, 0.29) is 23.5 Å². The number of carbonyl (C=O) groups excluding carboxylic acids is 2. The van der Waals surface area contributed by atoms with Crippen molar-refractivity contribution in [3.8, 4) is 11.4 Å². The molecule has 1 aromatic heterocycles. The van der Waals surface area contributed by atoms with E-state index in [0.29, 0.717) is 20.7 Å². The molecule has 15 heteroatoms. The van der Waals surface area contributed by atoms with Gasteiger partial charge in [-0.3, -0.25) is 14.2 Å². The number of alkyl halides is 6. The van der Waals surface area contributed by atoms with Gasteiger partial charge in [0.15, 0.2) is 17.7 Å². The predicted octanol–water partition coefficient (Wildman–Crippen LogP) is 3.80. The average Bonchev–Trinajstić information content (AvgIpc) is 3.15. The number of hydrogen-bond donors (Lipinski definition) is 2. The minimum Gasteiger partial charge on any atom is -0.382 e. The van der Waals surface area contributed by atoms with Gasteiger partial charge in [0.1, 0.15) is 6.54 Å². The van der Waals surface area contributed by atoms with Crippen LogP contribution in [-0.4, -0.2) is 50.5 Å². The van der Waals surface area contributed by atoms with Gasteiger partial charge in [0.05, 0.1) is 12.1 Å². The number of aliphatic hydroxyl groups excluding tert-OH is 1. The highest BCUT2D eigenvalue weighted by Gasteiger charge is 2.39. The Kier molecular flexibility index (Phi) is 9.22. The van der Waals surface area contributed by atoms with E-state index in [4.69, 9.17) is 11.6 Å². The Morgan fingerprint density at radius 2 is 1.77 bits per heavy atom. The highest BCUT2D eigenvalue weighted by Crippen LogP contribution is 2.32. The van der Waals surface area contributed by atoms with Crippen LogP contribution in [0.3, 0.4) is 0 Å². The van der Waals surface area contributed by atoms with E-state index in [0.717, 1.165) is 18.2 Å². The molecule has 2 atom stereocenters. The van der Waals surface area contributed by atoms with Crippen LogP contribution in [-0.2, 0) is 28.9 Å². The number of carbonyl (C=O) groups is 2. The zero-order chi connectivity index (χ0) is 29.0. The zero-order valence-corrected chi connectivity index (χ0v) is 20.6. The molecule has 3 aromatic rings. The maximum Gasteiger partial charge on any atom is 0.416 e. The lowest BCUT2D eigenvalue weighted by atomic mass is 9.92. The van der Waals surface area contributed by atoms with E-state index in [9.17, 15) is 45.8 Å². The molecule has 8 nitrogen and oxygen atoms in total. The Balaban J connectivity index is 1.92. The molecule has 1 unspecified atom stereocenters. The summed E-state index contributed by atoms with van der Waals surface area (Å²) in [4.78, 5) is 36.6. The maximum atomic E-state index is 13.2. The van der Waals surface area contributed by atoms with Gasteiger partial charge in [-0.2, -0.15) is 26.3 Å². The molecule has 0 saturated heterocycles. The number of aliphatic hydroxyl groups is 1. The quantitative estimate of drug-likeness (QED) is 0.266. The van der Waals surface area contributed by atoms with Crippen LogP contribution in [0.25, 0.3) is 11.4 Å². The Bertz CT molecular complexity index is 1370. The predicted molar refractivity (Wildman–Crippen MR) is 127 cm³/mol. The van der Waals surface area contributed by atoms with Crippen LogP contribution >= 0.6 is 11.6 Å². The third-order valence-corrected chi connectivity index (χ3v) is 5.94. The van der Waals surface area contributed by atoms with E-state index in [1.807, 2.05) is 0 Å². The lowest BCUT2D eigenvalue weighted by molar-refractivity contribution is -0.207. The molecule has 2 N–H and O–H groups in total. The van der Waals surface area contributed by atoms with Crippen molar-refractivity contribution in [2.45, 2.75) is 43.9 Å². The van der Waals surface area contributed by atoms with Gasteiger partial charge < -0.3 is 10.4 Å². The number of Topliss-reactive ketones (excluding diaryl/α,β-unsaturated/α-hetero) is 1. The van der Waals surface area contributed by atoms with Crippen molar-refractivity contribution in [1.29, 1.82) is 0 Å². The van der Waals surface area contributed by atoms with E-state index < -0.39 is 60.9 Å². The standard InChI is InChI=1S/C24H21ClF6N4O4/c25-18-6-4-14(5-7-18)21-33-35(22(39)34(21)12-20(38)24(29,30)31)11-19(37)9-16(10-32-13-36)15-2-1-3-17(8-15)23(26,27)28/h1-8,13,16,20,38H,9-12H2,(H,32,36)/t16?,20-/m0/s1. The van der Waals surface area contributed by atoms with Crippen LogP contribution < -0.4 is 11.0 Å². The fourth-order valence-corrected chi connectivity index (χ4v) is 3.90. The molecular weight excluding hydrogens is 558 g/mol. The summed E-state index contributed by atoms with van der Waals surface area (Å²) in [5.41, 5.74) is -1.82. The molecule has 0 radical (unpaired) electrons. The first-order valence-electron chi connectivity index (χ1n) is 11.2. The summed E-state index contributed by atoms with van der Waals surface area (Å²) < 4.78 is 79.7. The summed E-state index contributed by atoms with van der Waals surface area (Å²) in [6.45, 7) is -2.14. The monoisotopic (exact) mass is 578 g/mol. The first kappa shape index (κ1) is 29.9. The summed E-state index contributed by atoms with van der Waals surface area (Å²) in [6.07, 6.45) is -12.7. The summed E-state index contributed by atoms with van der Waals surface area (Å²) in [6, 6.07) is 9.72. The van der Waals surface area contributed by atoms with Crippen molar-refractivity contribution in [3.63, 3.8) is 0 Å². The molecule has 39 heavy (non-hydrogen) atoms. The van der Waals surface area contributed by atoms with E-state index in [2.05, 4.69) is 10.4 Å². The Labute approximate surface area is 221 Å². The van der Waals surface area contributed by atoms with Gasteiger partial charge in [-0.15, -0.1) is 5.10 Å². The Morgan fingerprint density at radius 1 is 1.10 bits per heavy atom. The number of rotatable bonds is 11. The second-order valence-electron chi connectivity index (χ2n) is 8.53. The van der Waals surface area contributed by atoms with Gasteiger partial charge in [0.25, 0.3) is 0 Å². The molecule has 0 saturated carbocycles. The highest BCUT2D eigenvalue weighted by atomic mass is 35.5. The lowest BCUT2D eigenvalue weighted by Gasteiger charge is -2.18. The van der Waals surface area contributed by atoms with Crippen molar-refractivity contribution in [2.75, 3.05) is 6.54 Å². The number of ketones is 1. The molecule has 2 aromatic carbocycles. The minimum absolute atomic E-state index is 0.0977. The molecule has 0 aliphatic rings. The number of aromatic nitrogens is 3. The molecule has 3 rings (SSSR count). The smallest absolute Gasteiger partial charge is 0.382 e. The number of halogens is 7. The number of hydrogen-bond acceptors (Lipinski definition) is 5. The Hall–Kier alpha value is -3.65. The van der Waals surface area contributed by atoms with Gasteiger partial charge in [0, 0.05) is 29.5 Å². The average molecular weight is 579 g/mol. The third-order valence-electron chi connectivity index (χ3n) is 5.69. The molecular formula is C24H21ClF6N4O4. The topological polar surface area (TPSA) is 106 Å². The number of nitrogens with zero attached hydrogens (tertiary/aromatic N) is 3. The van der Waals surface area contributed by atoms with Crippen molar-refractivity contribution in [2.24, 2.45) is 0 Å². The van der Waals surface area contributed by atoms with Crippen LogP contribution in [0.5, 0.6) is 0 Å². The summed E-state index contributed by atoms with van der Waals surface area (Å²) in [5.74, 6) is -1.88. The lowest BCUT2D eigenvalue weighted by Crippen LogP contribution is -2.37. The van der Waals surface area contributed by atoms with Crippen LogP contribution in [0, 0.1) is 0 Å². The SMILES string of the molecule is O=CNCC(CC(=O)Cn1nc(-c2ccc(Cl)cc2)n(C[C@H](O)C(F)(F)F)c1=O)c1cccc(C(F)(F)F)c1. The second-order valence-corrected chi connectivity index (χ2v) is 8.96. The summed E-state index contributed by atoms with van der Waals surface area (Å²) in [7, 11) is 0. The Morgan fingerprint density at radius 3 is 2.36 bits per heavy atom. The van der Waals surface area contributed by atoms with Gasteiger partial charge in [0.2, 0.25) is 6.41 Å². The molecule has 0 aliphatic carbocycles. The molecule has 0 aliphatic heterocycles. The van der Waals surface area contributed by atoms with Crippen LogP contribution in [0.2, 0.25) is 5.02 Å². The van der Waals surface area contributed by atoms with Gasteiger partial charge in [-0.25, -0.2) is 9.48 Å². The number of nitrogens with one attached hydrogen (secondary N) is 1. The first-order valence-corrected chi connectivity index (χ1v) is 11.6. The van der Waals surface area contributed by atoms with Gasteiger partial charge in [-0.05, 0) is 35.9 Å². The second kappa shape index (κ2) is 12.0. The van der Waals surface area contributed by atoms with Crippen LogP contribution in [0.1, 0.15) is 23.5 Å². The minimum atomic E-state index is -5.04. The van der Waals surface area contributed by atoms with Crippen LogP contribution in [0.4, 0.5) is 26.3 Å². The van der Waals surface area contributed by atoms with Crippen molar-refractivity contribution >= 4 is 23.8 Å². The number of benzene rings is 2. The summed E-state index contributed by atoms with van der Waals surface area (Å²) in [5, 5.41) is 16.1. The maximum absolute atomic E-state index is 13.2. The zero-order valence-electron chi connectivity index (χ0n) is 19.8. The van der Waals surface area contributed by atoms with E-state index in [1.54, 1.807) is 0 Å². The highest BCUT2D eigenvalue weighted by molar-refractivity contribution is 6.30. The number of amides is 1. The fraction of sp³-hybridized carbons (Fsp3) is 0.333. The molecule has 210 valence electrons. The fourth-order valence-electron chi connectivity index (χ4n) is 3.77.